The Hall–Kier alpha value is -2.49. The summed E-state index contributed by atoms with van der Waals surface area (Å²) in [7, 11) is 0. The van der Waals surface area contributed by atoms with Crippen LogP contribution in [0.1, 0.15) is 26.3 Å². The topological polar surface area (TPSA) is 51.0 Å². The third-order valence-corrected chi connectivity index (χ3v) is 4.39. The van der Waals surface area contributed by atoms with Gasteiger partial charge in [-0.05, 0) is 56.2 Å². The minimum Gasteiger partial charge on any atom is -0.449 e. The molecule has 0 fully saturated rings. The lowest BCUT2D eigenvalue weighted by molar-refractivity contribution is -0.123. The molecule has 22 heavy (non-hydrogen) atoms. The fourth-order valence-corrected chi connectivity index (χ4v) is 3.44. The number of Topliss-reactive ketones (excluding diaryl/α,β-unsaturated/α-hetero) is 1. The number of carbonyl (C=O) groups excluding carboxylic acids is 1. The van der Waals surface area contributed by atoms with Gasteiger partial charge in [0.15, 0.2) is 5.84 Å². The molecule has 2 bridgehead atoms. The van der Waals surface area contributed by atoms with E-state index in [0.717, 1.165) is 11.1 Å². The maximum atomic E-state index is 12.9. The Labute approximate surface area is 128 Å². The van der Waals surface area contributed by atoms with Gasteiger partial charge in [0.05, 0.1) is 5.54 Å². The zero-order valence-electron chi connectivity index (χ0n) is 12.8. The van der Waals surface area contributed by atoms with Gasteiger partial charge in [-0.3, -0.25) is 9.79 Å². The number of ether oxygens (including phenoxy) is 1. The van der Waals surface area contributed by atoms with E-state index in [9.17, 15) is 4.79 Å². The van der Waals surface area contributed by atoms with Crippen molar-refractivity contribution in [2.24, 2.45) is 9.98 Å². The molecule has 110 valence electrons. The fraction of sp³-hybridized carbons (Fsp3) is 0.278. The monoisotopic (exact) mass is 292 g/mol. The molecule has 0 amide bonds. The lowest BCUT2D eigenvalue weighted by atomic mass is 9.84. The number of aliphatic imine (C=N–C) groups is 2. The van der Waals surface area contributed by atoms with Crippen LogP contribution < -0.4 is 0 Å². The van der Waals surface area contributed by atoms with Crippen LogP contribution in [0, 0.1) is 0 Å². The van der Waals surface area contributed by atoms with Crippen LogP contribution in [-0.2, 0) is 9.53 Å². The molecule has 4 nitrogen and oxygen atoms in total. The van der Waals surface area contributed by atoms with Gasteiger partial charge in [-0.15, -0.1) is 0 Å². The Balaban J connectivity index is 1.92. The smallest absolute Gasteiger partial charge is 0.252 e. The average Bonchev–Trinajstić information content (AvgIpc) is 2.81. The van der Waals surface area contributed by atoms with E-state index in [2.05, 4.69) is 9.98 Å². The summed E-state index contributed by atoms with van der Waals surface area (Å²) in [5, 5.41) is 0. The Morgan fingerprint density at radius 3 is 2.55 bits per heavy atom. The Morgan fingerprint density at radius 2 is 1.82 bits per heavy atom. The molecule has 0 saturated heterocycles. The van der Waals surface area contributed by atoms with Gasteiger partial charge in [-0.1, -0.05) is 18.2 Å². The minimum absolute atomic E-state index is 0.0732. The number of dihydropyridines is 1. The fourth-order valence-electron chi connectivity index (χ4n) is 3.44. The second-order valence-corrected chi connectivity index (χ2v) is 6.21. The first-order valence-corrected chi connectivity index (χ1v) is 7.32. The number of benzene rings is 1. The summed E-state index contributed by atoms with van der Waals surface area (Å²) in [5.41, 5.74) is 0.662. The van der Waals surface area contributed by atoms with E-state index in [-0.39, 0.29) is 5.78 Å². The van der Waals surface area contributed by atoms with Crippen molar-refractivity contribution in [1.29, 1.82) is 0 Å². The first kappa shape index (κ1) is 13.2. The average molecular weight is 292 g/mol. The lowest BCUT2D eigenvalue weighted by Gasteiger charge is -2.31. The molecule has 0 saturated carbocycles. The van der Waals surface area contributed by atoms with Gasteiger partial charge in [-0.25, -0.2) is 0 Å². The van der Waals surface area contributed by atoms with Crippen LogP contribution in [0.4, 0.5) is 0 Å². The van der Waals surface area contributed by atoms with E-state index in [1.54, 1.807) is 0 Å². The van der Waals surface area contributed by atoms with Crippen molar-refractivity contribution in [3.05, 3.63) is 59.2 Å². The molecular weight excluding hydrogens is 276 g/mol. The van der Waals surface area contributed by atoms with Crippen molar-refractivity contribution in [3.63, 3.8) is 0 Å². The van der Waals surface area contributed by atoms with Crippen LogP contribution in [-0.4, -0.2) is 28.7 Å². The van der Waals surface area contributed by atoms with Gasteiger partial charge < -0.3 is 4.74 Å². The van der Waals surface area contributed by atoms with Crippen molar-refractivity contribution in [3.8, 4) is 0 Å². The molecule has 2 atom stereocenters. The van der Waals surface area contributed by atoms with E-state index in [1.165, 1.54) is 0 Å². The van der Waals surface area contributed by atoms with Crippen LogP contribution in [0.5, 0.6) is 0 Å². The highest BCUT2D eigenvalue weighted by Gasteiger charge is 2.57. The summed E-state index contributed by atoms with van der Waals surface area (Å²) < 4.78 is 6.11. The van der Waals surface area contributed by atoms with Crippen LogP contribution in [0.2, 0.25) is 0 Å². The highest BCUT2D eigenvalue weighted by atomic mass is 16.5. The van der Waals surface area contributed by atoms with Crippen LogP contribution >= 0.6 is 0 Å². The second-order valence-electron chi connectivity index (χ2n) is 6.21. The molecule has 3 aliphatic heterocycles. The quantitative estimate of drug-likeness (QED) is 0.747. The van der Waals surface area contributed by atoms with Crippen LogP contribution in [0.25, 0.3) is 0 Å². The first-order valence-electron chi connectivity index (χ1n) is 7.32. The van der Waals surface area contributed by atoms with Crippen molar-refractivity contribution >= 4 is 17.5 Å². The molecular formula is C18H16N2O2. The third-order valence-electron chi connectivity index (χ3n) is 4.39. The molecule has 1 aromatic carbocycles. The number of hydrogen-bond acceptors (Lipinski definition) is 4. The van der Waals surface area contributed by atoms with Crippen molar-refractivity contribution in [1.82, 2.24) is 0 Å². The molecule has 1 aliphatic carbocycles. The van der Waals surface area contributed by atoms with E-state index in [4.69, 9.17) is 4.74 Å². The number of fused-ring (bicyclic) bond motifs is 1. The molecule has 0 aromatic heterocycles. The zero-order chi connectivity index (χ0) is 15.5. The van der Waals surface area contributed by atoms with Crippen molar-refractivity contribution in [2.75, 3.05) is 0 Å². The molecule has 5 rings (SSSR count). The van der Waals surface area contributed by atoms with Crippen LogP contribution in [0.15, 0.2) is 63.6 Å². The lowest BCUT2D eigenvalue weighted by Crippen LogP contribution is -2.49. The SMILES string of the molecule is CC1=CC2(C)C=C(C)C3(OC(c4ccccc4)=NC3=N2)C1=O. The Bertz CT molecular complexity index is 817. The van der Waals surface area contributed by atoms with Gasteiger partial charge in [0.2, 0.25) is 11.7 Å². The third kappa shape index (κ3) is 1.55. The maximum absolute atomic E-state index is 12.9. The van der Waals surface area contributed by atoms with E-state index in [0.29, 0.717) is 17.3 Å². The number of ketones is 1. The van der Waals surface area contributed by atoms with Gasteiger partial charge in [-0.2, -0.15) is 4.99 Å². The molecule has 0 radical (unpaired) electrons. The number of carbonyl (C=O) groups is 1. The Morgan fingerprint density at radius 1 is 1.09 bits per heavy atom. The highest BCUT2D eigenvalue weighted by Crippen LogP contribution is 2.43. The minimum atomic E-state index is -1.18. The van der Waals surface area contributed by atoms with Gasteiger partial charge in [0, 0.05) is 5.56 Å². The van der Waals surface area contributed by atoms with Gasteiger partial charge in [0.1, 0.15) is 0 Å². The molecule has 1 aromatic rings. The van der Waals surface area contributed by atoms with Crippen molar-refractivity contribution in [2.45, 2.75) is 31.9 Å². The number of rotatable bonds is 1. The first-order chi connectivity index (χ1) is 10.4. The molecule has 0 N–H and O–H groups in total. The number of amidine groups is 1. The molecule has 4 aliphatic rings. The standard InChI is InChI=1S/C18H16N2O2/c1-11-9-17(3)10-12(2)18(14(11)21)16(20-17)19-15(22-18)13-7-5-4-6-8-13/h4-10H,1-3H3. The molecule has 2 unspecified atom stereocenters. The van der Waals surface area contributed by atoms with Gasteiger partial charge >= 0.3 is 0 Å². The predicted octanol–water partition coefficient (Wildman–Crippen LogP) is 2.85. The second kappa shape index (κ2) is 4.03. The normalized spacial score (nSPS) is 32.4. The summed E-state index contributed by atoms with van der Waals surface area (Å²) in [6, 6.07) is 9.61. The number of nitrogens with zero attached hydrogens (tertiary/aromatic N) is 2. The number of hydrogen-bond donors (Lipinski definition) is 0. The molecule has 1 spiro atoms. The predicted molar refractivity (Wildman–Crippen MR) is 85.2 cm³/mol. The largest absolute Gasteiger partial charge is 0.449 e. The summed E-state index contributed by atoms with van der Waals surface area (Å²) in [6.45, 7) is 5.71. The van der Waals surface area contributed by atoms with Crippen LogP contribution in [0.3, 0.4) is 0 Å². The summed E-state index contributed by atoms with van der Waals surface area (Å²) in [6.07, 6.45) is 3.88. The summed E-state index contributed by atoms with van der Waals surface area (Å²) in [5.74, 6) is 0.849. The molecule has 4 heteroatoms. The highest BCUT2D eigenvalue weighted by molar-refractivity contribution is 6.28. The molecule has 3 heterocycles. The van der Waals surface area contributed by atoms with Gasteiger partial charge in [0.25, 0.3) is 5.60 Å². The van der Waals surface area contributed by atoms with E-state index < -0.39 is 11.1 Å². The summed E-state index contributed by atoms with van der Waals surface area (Å²) in [4.78, 5) is 22.2. The zero-order valence-corrected chi connectivity index (χ0v) is 12.8. The van der Waals surface area contributed by atoms with E-state index >= 15 is 0 Å². The summed E-state index contributed by atoms with van der Waals surface area (Å²) >= 11 is 0. The van der Waals surface area contributed by atoms with E-state index in [1.807, 2.05) is 63.3 Å². The maximum Gasteiger partial charge on any atom is 0.252 e. The Kier molecular flexibility index (Phi) is 2.42. The van der Waals surface area contributed by atoms with Crippen molar-refractivity contribution < 1.29 is 9.53 Å².